The predicted octanol–water partition coefficient (Wildman–Crippen LogP) is 4.72. The largest absolute Gasteiger partial charge is 0.639 e. The van der Waals surface area contributed by atoms with E-state index in [2.05, 4.69) is 29.5 Å². The van der Waals surface area contributed by atoms with Gasteiger partial charge in [0.05, 0.1) is 6.61 Å². The minimum absolute atomic E-state index is 0.425. The molecule has 24 heavy (non-hydrogen) atoms. The first-order valence-corrected chi connectivity index (χ1v) is 9.16. The van der Waals surface area contributed by atoms with Crippen LogP contribution in [0.15, 0.2) is 42.5 Å². The Hall–Kier alpha value is -1.09. The molecule has 2 aromatic carbocycles. The molecule has 0 spiro atoms. The van der Waals surface area contributed by atoms with Crippen molar-refractivity contribution in [1.29, 1.82) is 0 Å². The Kier molecular flexibility index (Phi) is 6.54. The van der Waals surface area contributed by atoms with Crippen LogP contribution in [0.1, 0.15) is 24.0 Å². The molecule has 0 aromatic heterocycles. The second-order valence-corrected chi connectivity index (χ2v) is 6.88. The number of halogens is 1. The van der Waals surface area contributed by atoms with E-state index in [4.69, 9.17) is 18.7 Å². The summed E-state index contributed by atoms with van der Waals surface area (Å²) >= 11 is 2.30. The van der Waals surface area contributed by atoms with Gasteiger partial charge in [0.25, 0.3) is 0 Å². The van der Waals surface area contributed by atoms with Crippen LogP contribution in [0.3, 0.4) is 0 Å². The number of hydrogen-bond acceptors (Lipinski definition) is 4. The van der Waals surface area contributed by atoms with Crippen molar-refractivity contribution in [2.75, 3.05) is 13.2 Å². The van der Waals surface area contributed by atoms with Gasteiger partial charge >= 0.3 is 7.32 Å². The quantitative estimate of drug-likeness (QED) is 0.501. The first kappa shape index (κ1) is 17.7. The third kappa shape index (κ3) is 5.21. The summed E-state index contributed by atoms with van der Waals surface area (Å²) in [7, 11) is -0.579. The molecule has 0 amide bonds. The average Bonchev–Trinajstić information content (AvgIpc) is 2.86. The summed E-state index contributed by atoms with van der Waals surface area (Å²) in [4.78, 5) is 0. The van der Waals surface area contributed by atoms with E-state index in [1.807, 2.05) is 42.5 Å². The van der Waals surface area contributed by atoms with E-state index in [0.29, 0.717) is 19.8 Å². The molecule has 4 nitrogen and oxygen atoms in total. The van der Waals surface area contributed by atoms with Gasteiger partial charge in [-0.3, -0.25) is 0 Å². The van der Waals surface area contributed by atoms with Gasteiger partial charge in [-0.15, -0.1) is 0 Å². The zero-order valence-corrected chi connectivity index (χ0v) is 15.8. The normalized spacial score (nSPS) is 15.2. The number of benzene rings is 2. The fourth-order valence-corrected chi connectivity index (χ4v) is 2.82. The Balaban J connectivity index is 1.63. The second-order valence-electron chi connectivity index (χ2n) is 5.72. The van der Waals surface area contributed by atoms with Crippen molar-refractivity contribution in [2.24, 2.45) is 0 Å². The van der Waals surface area contributed by atoms with E-state index in [-0.39, 0.29) is 0 Å². The van der Waals surface area contributed by atoms with E-state index >= 15 is 0 Å². The molecule has 6 heteroatoms. The standard InChI is InChI=1S/C18H20BIO4/c1-14-4-6-16(7-5-14)24-17-8-9-18(20)15(12-17)13-23-19-21-10-2-3-11-22-19/h4-9,12H,2-3,10-11,13H2,1H3. The third-order valence-electron chi connectivity index (χ3n) is 3.70. The van der Waals surface area contributed by atoms with Gasteiger partial charge in [0, 0.05) is 16.8 Å². The Morgan fingerprint density at radius 2 is 1.67 bits per heavy atom. The number of hydrogen-bond donors (Lipinski definition) is 0. The number of ether oxygens (including phenoxy) is 1. The van der Waals surface area contributed by atoms with Gasteiger partial charge in [-0.1, -0.05) is 17.7 Å². The van der Waals surface area contributed by atoms with Gasteiger partial charge in [0.1, 0.15) is 11.5 Å². The van der Waals surface area contributed by atoms with Crippen LogP contribution in [0.25, 0.3) is 0 Å². The topological polar surface area (TPSA) is 36.9 Å². The van der Waals surface area contributed by atoms with E-state index in [9.17, 15) is 0 Å². The molecule has 1 heterocycles. The van der Waals surface area contributed by atoms with Crippen LogP contribution in [0, 0.1) is 10.5 Å². The van der Waals surface area contributed by atoms with Crippen molar-refractivity contribution < 1.29 is 18.7 Å². The minimum atomic E-state index is -0.579. The smallest absolute Gasteiger partial charge is 0.457 e. The van der Waals surface area contributed by atoms with Gasteiger partial charge in [-0.25, -0.2) is 0 Å². The highest BCUT2D eigenvalue weighted by molar-refractivity contribution is 14.1. The summed E-state index contributed by atoms with van der Waals surface area (Å²) in [5, 5.41) is 0. The van der Waals surface area contributed by atoms with Crippen LogP contribution < -0.4 is 4.74 Å². The van der Waals surface area contributed by atoms with E-state index in [1.54, 1.807) is 0 Å². The maximum atomic E-state index is 5.92. The highest BCUT2D eigenvalue weighted by Gasteiger charge is 2.23. The molecule has 2 aromatic rings. The summed E-state index contributed by atoms with van der Waals surface area (Å²) in [5.74, 6) is 1.62. The second kappa shape index (κ2) is 8.85. The number of rotatable bonds is 5. The van der Waals surface area contributed by atoms with Crippen molar-refractivity contribution in [3.8, 4) is 11.5 Å². The van der Waals surface area contributed by atoms with E-state index in [1.165, 1.54) is 5.56 Å². The minimum Gasteiger partial charge on any atom is -0.457 e. The molecular formula is C18H20BIO4. The molecule has 0 aliphatic carbocycles. The number of aryl methyl sites for hydroxylation is 1. The highest BCUT2D eigenvalue weighted by Crippen LogP contribution is 2.26. The van der Waals surface area contributed by atoms with Crippen LogP contribution in [0.4, 0.5) is 0 Å². The van der Waals surface area contributed by atoms with Crippen LogP contribution in [0.5, 0.6) is 11.5 Å². The Morgan fingerprint density at radius 3 is 2.38 bits per heavy atom. The Bertz CT molecular complexity index is 655. The lowest BCUT2D eigenvalue weighted by atomic mass is 10.2. The molecule has 1 aliphatic rings. The first-order chi connectivity index (χ1) is 11.7. The molecule has 0 bridgehead atoms. The van der Waals surface area contributed by atoms with Gasteiger partial charge in [0.2, 0.25) is 0 Å². The molecule has 1 fully saturated rings. The molecule has 0 unspecified atom stereocenters. The summed E-state index contributed by atoms with van der Waals surface area (Å²) in [6.07, 6.45) is 2.02. The SMILES string of the molecule is Cc1ccc(Oc2ccc(I)c(COB3OCCCCO3)c2)cc1. The fraction of sp³-hybridized carbons (Fsp3) is 0.333. The van der Waals surface area contributed by atoms with Crippen LogP contribution >= 0.6 is 22.6 Å². The maximum Gasteiger partial charge on any atom is 0.639 e. The molecule has 0 saturated carbocycles. The third-order valence-corrected chi connectivity index (χ3v) is 4.75. The lowest BCUT2D eigenvalue weighted by molar-refractivity contribution is 0.107. The summed E-state index contributed by atoms with van der Waals surface area (Å²) < 4.78 is 23.8. The van der Waals surface area contributed by atoms with Crippen LogP contribution in [-0.2, 0) is 20.6 Å². The molecule has 3 rings (SSSR count). The molecular weight excluding hydrogens is 418 g/mol. The molecule has 0 N–H and O–H groups in total. The lowest BCUT2D eigenvalue weighted by Crippen LogP contribution is -2.26. The van der Waals surface area contributed by atoms with Crippen molar-refractivity contribution in [2.45, 2.75) is 26.4 Å². The molecule has 0 atom stereocenters. The molecule has 0 radical (unpaired) electrons. The Morgan fingerprint density at radius 1 is 1.00 bits per heavy atom. The van der Waals surface area contributed by atoms with Crippen molar-refractivity contribution in [3.05, 3.63) is 57.2 Å². The first-order valence-electron chi connectivity index (χ1n) is 8.08. The van der Waals surface area contributed by atoms with E-state index < -0.39 is 7.32 Å². The van der Waals surface area contributed by atoms with Gasteiger partial charge in [-0.05, 0) is 78.3 Å². The van der Waals surface area contributed by atoms with Crippen molar-refractivity contribution in [3.63, 3.8) is 0 Å². The molecule has 126 valence electrons. The van der Waals surface area contributed by atoms with Crippen LogP contribution in [-0.4, -0.2) is 20.5 Å². The maximum absolute atomic E-state index is 5.92. The van der Waals surface area contributed by atoms with Gasteiger partial charge in [-0.2, -0.15) is 0 Å². The zero-order valence-electron chi connectivity index (χ0n) is 13.7. The summed E-state index contributed by atoms with van der Waals surface area (Å²) in [5.41, 5.74) is 2.26. The zero-order chi connectivity index (χ0) is 16.8. The average molecular weight is 438 g/mol. The highest BCUT2D eigenvalue weighted by atomic mass is 127. The van der Waals surface area contributed by atoms with Gasteiger partial charge < -0.3 is 18.7 Å². The van der Waals surface area contributed by atoms with Crippen molar-refractivity contribution in [1.82, 2.24) is 0 Å². The summed E-state index contributed by atoms with van der Waals surface area (Å²) in [6, 6.07) is 14.0. The molecule has 1 saturated heterocycles. The predicted molar refractivity (Wildman–Crippen MR) is 102 cm³/mol. The Labute approximate surface area is 156 Å². The van der Waals surface area contributed by atoms with E-state index in [0.717, 1.165) is 33.5 Å². The monoisotopic (exact) mass is 438 g/mol. The summed E-state index contributed by atoms with van der Waals surface area (Å²) in [6.45, 7) is 3.84. The molecule has 1 aliphatic heterocycles. The van der Waals surface area contributed by atoms with Crippen molar-refractivity contribution >= 4 is 29.9 Å². The van der Waals surface area contributed by atoms with Gasteiger partial charge in [0.15, 0.2) is 0 Å². The van der Waals surface area contributed by atoms with Crippen LogP contribution in [0.2, 0.25) is 0 Å². The fourth-order valence-electron chi connectivity index (χ4n) is 2.33. The lowest BCUT2D eigenvalue weighted by Gasteiger charge is -2.13.